The van der Waals surface area contributed by atoms with Crippen molar-refractivity contribution in [2.75, 3.05) is 21.2 Å². The van der Waals surface area contributed by atoms with Crippen molar-refractivity contribution >= 4 is 17.6 Å². The van der Waals surface area contributed by atoms with E-state index in [1.54, 1.807) is 12.1 Å². The van der Waals surface area contributed by atoms with Crippen LogP contribution in [0.25, 0.3) is 0 Å². The lowest BCUT2D eigenvalue weighted by molar-refractivity contribution is -0.144. The molecule has 19 heavy (non-hydrogen) atoms. The number of carboxylic acids is 1. The van der Waals surface area contributed by atoms with Gasteiger partial charge >= 0.3 is 5.97 Å². The first-order chi connectivity index (χ1) is 8.85. The van der Waals surface area contributed by atoms with Crippen LogP contribution < -0.4 is 9.47 Å². The summed E-state index contributed by atoms with van der Waals surface area (Å²) in [4.78, 5) is 12.8. The first-order valence-electron chi connectivity index (χ1n) is 5.75. The SMILES string of the molecule is COc1cc(Cl)cc(CN(C)C)c1OC(C)C(=O)O. The monoisotopic (exact) mass is 287 g/mol. The summed E-state index contributed by atoms with van der Waals surface area (Å²) in [7, 11) is 5.29. The molecule has 0 fully saturated rings. The Hall–Kier alpha value is -1.46. The zero-order valence-corrected chi connectivity index (χ0v) is 12.2. The van der Waals surface area contributed by atoms with Crippen LogP contribution in [0.3, 0.4) is 0 Å². The standard InChI is InChI=1S/C13H18ClNO4/c1-8(13(16)17)19-12-9(7-15(2)3)5-10(14)6-11(12)18-4/h5-6,8H,7H2,1-4H3,(H,16,17). The normalized spacial score (nSPS) is 12.3. The van der Waals surface area contributed by atoms with E-state index in [4.69, 9.17) is 26.2 Å². The Kier molecular flexibility index (Phi) is 5.44. The number of methoxy groups -OCH3 is 1. The van der Waals surface area contributed by atoms with Crippen LogP contribution in [0.2, 0.25) is 5.02 Å². The Morgan fingerprint density at radius 1 is 1.47 bits per heavy atom. The number of benzene rings is 1. The van der Waals surface area contributed by atoms with Crippen LogP contribution in [0.4, 0.5) is 0 Å². The number of halogens is 1. The summed E-state index contributed by atoms with van der Waals surface area (Å²) < 4.78 is 10.7. The van der Waals surface area contributed by atoms with Crippen LogP contribution in [-0.2, 0) is 11.3 Å². The largest absolute Gasteiger partial charge is 0.493 e. The Balaban J connectivity index is 3.19. The Morgan fingerprint density at radius 3 is 2.58 bits per heavy atom. The predicted molar refractivity (Wildman–Crippen MR) is 73.1 cm³/mol. The van der Waals surface area contributed by atoms with Crippen molar-refractivity contribution in [1.29, 1.82) is 0 Å². The second kappa shape index (κ2) is 6.63. The fourth-order valence-corrected chi connectivity index (χ4v) is 1.82. The molecular weight excluding hydrogens is 270 g/mol. The fraction of sp³-hybridized carbons (Fsp3) is 0.462. The van der Waals surface area contributed by atoms with Gasteiger partial charge in [-0.25, -0.2) is 4.79 Å². The van der Waals surface area contributed by atoms with Gasteiger partial charge in [0.25, 0.3) is 0 Å². The summed E-state index contributed by atoms with van der Waals surface area (Å²) in [6.45, 7) is 2.04. The van der Waals surface area contributed by atoms with Crippen molar-refractivity contribution in [3.05, 3.63) is 22.7 Å². The number of hydrogen-bond acceptors (Lipinski definition) is 4. The van der Waals surface area contributed by atoms with Crippen LogP contribution in [0.15, 0.2) is 12.1 Å². The van der Waals surface area contributed by atoms with E-state index in [9.17, 15) is 4.79 Å². The maximum Gasteiger partial charge on any atom is 0.344 e. The molecule has 0 saturated heterocycles. The second-order valence-electron chi connectivity index (χ2n) is 4.43. The number of hydrogen-bond donors (Lipinski definition) is 1. The van der Waals surface area contributed by atoms with Crippen LogP contribution in [0.5, 0.6) is 11.5 Å². The van der Waals surface area contributed by atoms with Gasteiger partial charge in [-0.2, -0.15) is 0 Å². The highest BCUT2D eigenvalue weighted by Crippen LogP contribution is 2.36. The molecule has 0 spiro atoms. The molecule has 1 rings (SSSR count). The average molecular weight is 288 g/mol. The van der Waals surface area contributed by atoms with Gasteiger partial charge in [-0.15, -0.1) is 0 Å². The molecule has 0 saturated carbocycles. The summed E-state index contributed by atoms with van der Waals surface area (Å²) >= 11 is 6.01. The maximum atomic E-state index is 10.9. The molecule has 0 aliphatic heterocycles. The molecule has 0 bridgehead atoms. The Bertz CT molecular complexity index is 462. The van der Waals surface area contributed by atoms with Crippen molar-refractivity contribution in [2.24, 2.45) is 0 Å². The minimum Gasteiger partial charge on any atom is -0.493 e. The van der Waals surface area contributed by atoms with Crippen LogP contribution >= 0.6 is 11.6 Å². The van der Waals surface area contributed by atoms with Gasteiger partial charge in [0, 0.05) is 23.2 Å². The first kappa shape index (κ1) is 15.6. The van der Waals surface area contributed by atoms with Gasteiger partial charge in [0.05, 0.1) is 7.11 Å². The lowest BCUT2D eigenvalue weighted by Crippen LogP contribution is -2.24. The highest BCUT2D eigenvalue weighted by atomic mass is 35.5. The average Bonchev–Trinajstić information content (AvgIpc) is 2.30. The minimum atomic E-state index is -1.03. The van der Waals surface area contributed by atoms with E-state index in [1.807, 2.05) is 19.0 Å². The number of rotatable bonds is 6. The van der Waals surface area contributed by atoms with Crippen molar-refractivity contribution in [1.82, 2.24) is 4.90 Å². The summed E-state index contributed by atoms with van der Waals surface area (Å²) in [5.41, 5.74) is 0.780. The van der Waals surface area contributed by atoms with Crippen LogP contribution in [-0.4, -0.2) is 43.3 Å². The van der Waals surface area contributed by atoms with E-state index in [2.05, 4.69) is 0 Å². The molecule has 0 aromatic heterocycles. The molecule has 0 heterocycles. The quantitative estimate of drug-likeness (QED) is 0.870. The molecule has 1 unspecified atom stereocenters. The molecule has 5 nitrogen and oxygen atoms in total. The predicted octanol–water partition coefficient (Wildman–Crippen LogP) is 2.26. The Labute approximate surface area is 117 Å². The van der Waals surface area contributed by atoms with Crippen molar-refractivity contribution in [3.63, 3.8) is 0 Å². The minimum absolute atomic E-state index is 0.413. The highest BCUT2D eigenvalue weighted by Gasteiger charge is 2.19. The molecule has 1 atom stereocenters. The number of nitrogens with zero attached hydrogens (tertiary/aromatic N) is 1. The third-order valence-electron chi connectivity index (χ3n) is 2.45. The molecule has 0 aliphatic rings. The van der Waals surface area contributed by atoms with Gasteiger partial charge in [0.2, 0.25) is 0 Å². The van der Waals surface area contributed by atoms with Gasteiger partial charge < -0.3 is 19.5 Å². The van der Waals surface area contributed by atoms with E-state index < -0.39 is 12.1 Å². The molecule has 106 valence electrons. The molecule has 6 heteroatoms. The third kappa shape index (κ3) is 4.29. The molecule has 0 amide bonds. The fourth-order valence-electron chi connectivity index (χ4n) is 1.59. The van der Waals surface area contributed by atoms with Crippen molar-refractivity contribution in [2.45, 2.75) is 19.6 Å². The van der Waals surface area contributed by atoms with Crippen molar-refractivity contribution in [3.8, 4) is 11.5 Å². The van der Waals surface area contributed by atoms with Crippen LogP contribution in [0.1, 0.15) is 12.5 Å². The number of ether oxygens (including phenoxy) is 2. The zero-order chi connectivity index (χ0) is 14.6. The Morgan fingerprint density at radius 2 is 2.11 bits per heavy atom. The van der Waals surface area contributed by atoms with Gasteiger partial charge in [0.1, 0.15) is 0 Å². The van der Waals surface area contributed by atoms with Gasteiger partial charge in [-0.1, -0.05) is 11.6 Å². The lowest BCUT2D eigenvalue weighted by Gasteiger charge is -2.20. The summed E-state index contributed by atoms with van der Waals surface area (Å²) in [6, 6.07) is 3.35. The molecular formula is C13H18ClNO4. The third-order valence-corrected chi connectivity index (χ3v) is 2.66. The van der Waals surface area contributed by atoms with Gasteiger partial charge in [0.15, 0.2) is 17.6 Å². The molecule has 1 aromatic rings. The molecule has 0 radical (unpaired) electrons. The van der Waals surface area contributed by atoms with E-state index in [1.165, 1.54) is 14.0 Å². The number of carboxylic acid groups (broad SMARTS) is 1. The molecule has 1 aromatic carbocycles. The van der Waals surface area contributed by atoms with E-state index in [0.29, 0.717) is 23.1 Å². The summed E-state index contributed by atoms with van der Waals surface area (Å²) in [5.74, 6) is -0.194. The summed E-state index contributed by atoms with van der Waals surface area (Å²) in [5, 5.41) is 9.45. The van der Waals surface area contributed by atoms with Crippen molar-refractivity contribution < 1.29 is 19.4 Å². The highest BCUT2D eigenvalue weighted by molar-refractivity contribution is 6.30. The van der Waals surface area contributed by atoms with Gasteiger partial charge in [-0.05, 0) is 27.1 Å². The number of carbonyl (C=O) groups is 1. The van der Waals surface area contributed by atoms with E-state index in [0.717, 1.165) is 5.56 Å². The van der Waals surface area contributed by atoms with E-state index >= 15 is 0 Å². The first-order valence-corrected chi connectivity index (χ1v) is 6.13. The van der Waals surface area contributed by atoms with E-state index in [-0.39, 0.29) is 0 Å². The molecule has 0 aliphatic carbocycles. The smallest absolute Gasteiger partial charge is 0.344 e. The second-order valence-corrected chi connectivity index (χ2v) is 4.87. The zero-order valence-electron chi connectivity index (χ0n) is 11.4. The topological polar surface area (TPSA) is 59.0 Å². The molecule has 1 N–H and O–H groups in total. The lowest BCUT2D eigenvalue weighted by atomic mass is 10.1. The summed E-state index contributed by atoms with van der Waals surface area (Å²) in [6.07, 6.45) is -0.962. The maximum absolute atomic E-state index is 10.9. The number of aliphatic carboxylic acids is 1. The van der Waals surface area contributed by atoms with Gasteiger partial charge in [-0.3, -0.25) is 0 Å². The van der Waals surface area contributed by atoms with Crippen LogP contribution in [0, 0.1) is 0 Å².